The lowest BCUT2D eigenvalue weighted by molar-refractivity contribution is -0.133. The van der Waals surface area contributed by atoms with Gasteiger partial charge in [-0.05, 0) is 37.0 Å². The quantitative estimate of drug-likeness (QED) is 0.784. The summed E-state index contributed by atoms with van der Waals surface area (Å²) in [6, 6.07) is 3.64. The van der Waals surface area contributed by atoms with E-state index < -0.39 is 11.9 Å². The Hall–Kier alpha value is -2.57. The SMILES string of the molecule is CC(C)CC(=O)N1CCCC1COc1ccc(C(=O)O)cc1C(=O)O. The van der Waals surface area contributed by atoms with Crippen molar-refractivity contribution in [1.29, 1.82) is 0 Å². The minimum absolute atomic E-state index is 0.0841. The van der Waals surface area contributed by atoms with Crippen molar-refractivity contribution in [3.8, 4) is 5.75 Å². The van der Waals surface area contributed by atoms with Crippen LogP contribution in [-0.2, 0) is 4.79 Å². The molecule has 1 fully saturated rings. The normalized spacial score (nSPS) is 16.9. The number of likely N-dealkylation sites (tertiary alicyclic amines) is 1. The molecule has 1 aliphatic heterocycles. The molecule has 1 unspecified atom stereocenters. The first-order chi connectivity index (χ1) is 11.8. The number of carbonyl (C=O) groups excluding carboxylic acids is 1. The van der Waals surface area contributed by atoms with Crippen LogP contribution >= 0.6 is 0 Å². The summed E-state index contributed by atoms with van der Waals surface area (Å²) in [4.78, 5) is 36.4. The Labute approximate surface area is 146 Å². The number of amides is 1. The zero-order valence-electron chi connectivity index (χ0n) is 14.4. The molecule has 1 aromatic rings. The number of aromatic carboxylic acids is 2. The van der Waals surface area contributed by atoms with Crippen molar-refractivity contribution in [3.05, 3.63) is 29.3 Å². The average molecular weight is 349 g/mol. The smallest absolute Gasteiger partial charge is 0.339 e. The zero-order valence-corrected chi connectivity index (χ0v) is 14.4. The van der Waals surface area contributed by atoms with E-state index in [0.29, 0.717) is 13.0 Å². The zero-order chi connectivity index (χ0) is 18.6. The van der Waals surface area contributed by atoms with Gasteiger partial charge >= 0.3 is 11.9 Å². The average Bonchev–Trinajstić information content (AvgIpc) is 3.00. The van der Waals surface area contributed by atoms with Gasteiger partial charge in [0.05, 0.1) is 11.6 Å². The van der Waals surface area contributed by atoms with Crippen molar-refractivity contribution in [1.82, 2.24) is 4.90 Å². The predicted octanol–water partition coefficient (Wildman–Crippen LogP) is 2.50. The fraction of sp³-hybridized carbons (Fsp3) is 0.500. The molecule has 0 bridgehead atoms. The first-order valence-electron chi connectivity index (χ1n) is 8.32. The Kier molecular flexibility index (Phi) is 6.01. The number of hydrogen-bond donors (Lipinski definition) is 2. The van der Waals surface area contributed by atoms with Crippen molar-refractivity contribution in [2.24, 2.45) is 5.92 Å². The molecule has 7 nitrogen and oxygen atoms in total. The van der Waals surface area contributed by atoms with Gasteiger partial charge in [-0.3, -0.25) is 4.79 Å². The molecule has 0 radical (unpaired) electrons. The van der Waals surface area contributed by atoms with Crippen molar-refractivity contribution < 1.29 is 29.3 Å². The van der Waals surface area contributed by atoms with Crippen LogP contribution in [0.4, 0.5) is 0 Å². The maximum atomic E-state index is 12.3. The maximum absolute atomic E-state index is 12.3. The molecule has 2 rings (SSSR count). The molecular formula is C18H23NO6. The number of carboxylic acid groups (broad SMARTS) is 2. The summed E-state index contributed by atoms with van der Waals surface area (Å²) in [6.45, 7) is 4.85. The second kappa shape index (κ2) is 8.00. The number of ether oxygens (including phenoxy) is 1. The third-order valence-electron chi connectivity index (χ3n) is 4.17. The Morgan fingerprint density at radius 2 is 1.96 bits per heavy atom. The molecule has 1 aliphatic rings. The largest absolute Gasteiger partial charge is 0.491 e. The van der Waals surface area contributed by atoms with Crippen molar-refractivity contribution in [3.63, 3.8) is 0 Å². The topological polar surface area (TPSA) is 104 Å². The highest BCUT2D eigenvalue weighted by Crippen LogP contribution is 2.24. The van der Waals surface area contributed by atoms with Crippen LogP contribution in [-0.4, -0.2) is 52.2 Å². The number of rotatable bonds is 7. The molecule has 1 saturated heterocycles. The van der Waals surface area contributed by atoms with Gasteiger partial charge < -0.3 is 19.8 Å². The number of carbonyl (C=O) groups is 3. The Balaban J connectivity index is 2.08. The molecule has 1 aromatic carbocycles. The van der Waals surface area contributed by atoms with E-state index in [0.717, 1.165) is 18.9 Å². The second-order valence-electron chi connectivity index (χ2n) is 6.61. The predicted molar refractivity (Wildman–Crippen MR) is 90.0 cm³/mol. The molecule has 0 aliphatic carbocycles. The van der Waals surface area contributed by atoms with E-state index >= 15 is 0 Å². The van der Waals surface area contributed by atoms with Crippen LogP contribution in [0, 0.1) is 5.92 Å². The van der Waals surface area contributed by atoms with Gasteiger partial charge in [0.15, 0.2) is 0 Å². The fourth-order valence-electron chi connectivity index (χ4n) is 2.95. The summed E-state index contributed by atoms with van der Waals surface area (Å²) in [5, 5.41) is 18.2. The Bertz CT molecular complexity index is 670. The van der Waals surface area contributed by atoms with Crippen LogP contribution in [0.5, 0.6) is 5.75 Å². The molecular weight excluding hydrogens is 326 g/mol. The first kappa shape index (κ1) is 18.8. The van der Waals surface area contributed by atoms with Crippen LogP contribution in [0.15, 0.2) is 18.2 Å². The molecule has 0 aromatic heterocycles. The summed E-state index contributed by atoms with van der Waals surface area (Å²) in [6.07, 6.45) is 2.17. The van der Waals surface area contributed by atoms with E-state index in [-0.39, 0.29) is 41.4 Å². The lowest BCUT2D eigenvalue weighted by atomic mass is 10.1. The van der Waals surface area contributed by atoms with Gasteiger partial charge in [-0.2, -0.15) is 0 Å². The number of hydrogen-bond acceptors (Lipinski definition) is 4. The van der Waals surface area contributed by atoms with Crippen molar-refractivity contribution in [2.75, 3.05) is 13.2 Å². The van der Waals surface area contributed by atoms with Gasteiger partial charge in [0, 0.05) is 13.0 Å². The molecule has 2 N–H and O–H groups in total. The van der Waals surface area contributed by atoms with Crippen LogP contribution in [0.25, 0.3) is 0 Å². The standard InChI is InChI=1S/C18H23NO6/c1-11(2)8-16(20)19-7-3-4-13(19)10-25-15-6-5-12(17(21)22)9-14(15)18(23)24/h5-6,9,11,13H,3-4,7-8,10H2,1-2H3,(H,21,22)(H,23,24). The van der Waals surface area contributed by atoms with Gasteiger partial charge in [0.2, 0.25) is 5.91 Å². The molecule has 1 amide bonds. The molecule has 7 heteroatoms. The van der Waals surface area contributed by atoms with E-state index in [2.05, 4.69) is 0 Å². The van der Waals surface area contributed by atoms with Crippen molar-refractivity contribution >= 4 is 17.8 Å². The van der Waals surface area contributed by atoms with Crippen LogP contribution in [0.3, 0.4) is 0 Å². The summed E-state index contributed by atoms with van der Waals surface area (Å²) in [5.74, 6) is -1.98. The number of carboxylic acids is 2. The lowest BCUT2D eigenvalue weighted by Crippen LogP contribution is -2.39. The molecule has 0 saturated carbocycles. The van der Waals surface area contributed by atoms with Crippen LogP contribution < -0.4 is 4.74 Å². The summed E-state index contributed by atoms with van der Waals surface area (Å²) >= 11 is 0. The van der Waals surface area contributed by atoms with E-state index in [1.54, 1.807) is 4.90 Å². The van der Waals surface area contributed by atoms with Gasteiger partial charge in [-0.15, -0.1) is 0 Å². The van der Waals surface area contributed by atoms with E-state index in [4.69, 9.17) is 9.84 Å². The van der Waals surface area contributed by atoms with Gasteiger partial charge in [-0.25, -0.2) is 9.59 Å². The van der Waals surface area contributed by atoms with E-state index in [1.807, 2.05) is 13.8 Å². The highest BCUT2D eigenvalue weighted by Gasteiger charge is 2.29. The molecule has 1 heterocycles. The number of benzene rings is 1. The Morgan fingerprint density at radius 1 is 1.24 bits per heavy atom. The summed E-state index contributed by atoms with van der Waals surface area (Å²) in [7, 11) is 0. The lowest BCUT2D eigenvalue weighted by Gasteiger charge is -2.26. The maximum Gasteiger partial charge on any atom is 0.339 e. The van der Waals surface area contributed by atoms with Crippen LogP contribution in [0.2, 0.25) is 0 Å². The fourth-order valence-corrected chi connectivity index (χ4v) is 2.95. The van der Waals surface area contributed by atoms with Gasteiger partial charge in [0.1, 0.15) is 17.9 Å². The minimum atomic E-state index is -1.25. The van der Waals surface area contributed by atoms with E-state index in [1.165, 1.54) is 12.1 Å². The van der Waals surface area contributed by atoms with Gasteiger partial charge in [0.25, 0.3) is 0 Å². The molecule has 25 heavy (non-hydrogen) atoms. The third kappa shape index (κ3) is 4.71. The summed E-state index contributed by atoms with van der Waals surface area (Å²) in [5.41, 5.74) is -0.308. The third-order valence-corrected chi connectivity index (χ3v) is 4.17. The number of nitrogens with zero attached hydrogens (tertiary/aromatic N) is 1. The minimum Gasteiger partial charge on any atom is -0.491 e. The van der Waals surface area contributed by atoms with Crippen molar-refractivity contribution in [2.45, 2.75) is 39.2 Å². The molecule has 136 valence electrons. The Morgan fingerprint density at radius 3 is 2.56 bits per heavy atom. The second-order valence-corrected chi connectivity index (χ2v) is 6.61. The first-order valence-corrected chi connectivity index (χ1v) is 8.32. The molecule has 1 atom stereocenters. The van der Waals surface area contributed by atoms with Crippen LogP contribution in [0.1, 0.15) is 53.8 Å². The van der Waals surface area contributed by atoms with Gasteiger partial charge in [-0.1, -0.05) is 13.8 Å². The monoisotopic (exact) mass is 349 g/mol. The highest BCUT2D eigenvalue weighted by molar-refractivity contribution is 5.95. The highest BCUT2D eigenvalue weighted by atomic mass is 16.5. The summed E-state index contributed by atoms with van der Waals surface area (Å²) < 4.78 is 5.63. The molecule has 0 spiro atoms. The van der Waals surface area contributed by atoms with E-state index in [9.17, 15) is 19.5 Å².